The number of ketones is 1. The van der Waals surface area contributed by atoms with Crippen LogP contribution in [0.1, 0.15) is 119 Å². The summed E-state index contributed by atoms with van der Waals surface area (Å²) in [6, 6.07) is 7.37. The number of thioether (sulfide) groups is 1. The lowest BCUT2D eigenvalue weighted by atomic mass is 9.33. The zero-order valence-corrected chi connectivity index (χ0v) is 44.2. The van der Waals surface area contributed by atoms with Crippen LogP contribution in [0.2, 0.25) is 0 Å². The quantitative estimate of drug-likeness (QED) is 0.127. The Hall–Kier alpha value is -3.50. The van der Waals surface area contributed by atoms with Crippen molar-refractivity contribution in [3.8, 4) is 0 Å². The van der Waals surface area contributed by atoms with Gasteiger partial charge < -0.3 is 65.9 Å². The van der Waals surface area contributed by atoms with E-state index in [0.717, 1.165) is 50.2 Å². The summed E-state index contributed by atoms with van der Waals surface area (Å²) in [5.74, 6) is -2.55. The van der Waals surface area contributed by atoms with E-state index in [1.54, 1.807) is 0 Å². The minimum Gasteiger partial charge on any atom is -0.480 e. The molecule has 0 spiro atoms. The molecule has 1 aromatic rings. The lowest BCUT2D eigenvalue weighted by Gasteiger charge is -2.70. The fraction of sp³-hybridized carbons (Fsp3) is 0.759. The summed E-state index contributed by atoms with van der Waals surface area (Å²) in [6.07, 6.45) is -7.67. The predicted molar refractivity (Wildman–Crippen MR) is 267 cm³/mol. The number of aliphatic hydroxyl groups excluding tert-OH is 6. The average Bonchev–Trinajstić information content (AvgIpc) is 3.33. The zero-order valence-electron chi connectivity index (χ0n) is 43.4. The fourth-order valence-electron chi connectivity index (χ4n) is 15.2. The molecule has 2 saturated heterocycles. The number of rotatable bonds is 13. The Morgan fingerprint density at radius 3 is 2.16 bits per heavy atom. The normalized spacial score (nSPS) is 44.4. The van der Waals surface area contributed by atoms with Gasteiger partial charge in [0.2, 0.25) is 11.8 Å². The minimum atomic E-state index is -1.95. The molecule has 0 radical (unpaired) electrons. The molecule has 3 amide bonds. The van der Waals surface area contributed by atoms with Crippen molar-refractivity contribution < 1.29 is 73.9 Å². The minimum absolute atomic E-state index is 0.0614. The van der Waals surface area contributed by atoms with Crippen molar-refractivity contribution in [2.45, 2.75) is 192 Å². The molecular formula is C54H79N3O15S. The Morgan fingerprint density at radius 1 is 0.822 bits per heavy atom. The number of carboxylic acids is 1. The SMILES string of the molecule is CC(=O)N[C@H]1C(NC(=O)[C@H]2OC(OC3CC[C@@]4(C)C(CC[C@]5(C)C4C(=O)C=C4C6C[C@@](C)(C(=O)NC(CSCc7ccccc7)C(=O)O)CC[C@]6(C)CC[C@]45C)C3(C)C)[C@H](O)[C@@H](O)[C@@H]2O)O[C@H](CO)[C@@H](O)[C@@H]1O. The molecule has 0 bridgehead atoms. The molecule has 10 N–H and O–H groups in total. The van der Waals surface area contributed by atoms with Crippen LogP contribution >= 0.6 is 11.8 Å². The molecule has 1 aromatic carbocycles. The maximum atomic E-state index is 15.2. The molecule has 5 aliphatic carbocycles. The third-order valence-electron chi connectivity index (χ3n) is 19.8. The summed E-state index contributed by atoms with van der Waals surface area (Å²) >= 11 is 1.47. The molecule has 4 saturated carbocycles. The smallest absolute Gasteiger partial charge is 0.327 e. The zero-order chi connectivity index (χ0) is 53.4. The third kappa shape index (κ3) is 9.72. The van der Waals surface area contributed by atoms with E-state index in [4.69, 9.17) is 14.2 Å². The molecule has 20 atom stereocenters. The van der Waals surface area contributed by atoms with Gasteiger partial charge in [0.15, 0.2) is 24.4 Å². The molecule has 8 rings (SSSR count). The maximum absolute atomic E-state index is 15.2. The van der Waals surface area contributed by atoms with Gasteiger partial charge in [-0.25, -0.2) is 4.79 Å². The monoisotopic (exact) mass is 1040 g/mol. The van der Waals surface area contributed by atoms with Crippen LogP contribution in [0.5, 0.6) is 0 Å². The van der Waals surface area contributed by atoms with Gasteiger partial charge in [0.05, 0.1) is 12.7 Å². The number of amides is 3. The predicted octanol–water partition coefficient (Wildman–Crippen LogP) is 2.72. The topological polar surface area (TPSA) is 291 Å². The Labute approximate surface area is 432 Å². The number of hydrogen-bond acceptors (Lipinski definition) is 15. The summed E-state index contributed by atoms with van der Waals surface area (Å²) in [4.78, 5) is 67.9. The van der Waals surface area contributed by atoms with E-state index < -0.39 is 119 Å². The standard InChI is InChI=1S/C54H79N3O15S/c1-27(59)55-36-38(62)37(61)33(24-58)70-45(36)57-44(66)42-40(64)39(63)41(65)47(72-42)71-35-15-16-52(6)34(49(35,2)3)14-17-54(8)43(52)32(60)22-29-30-23-51(5,19-18-50(30,4)20-21-53(29,54)7)48(69)56-31(46(67)68)26-73-25-28-12-10-9-11-13-28/h9-13,22,30-31,33-43,45,47,58,61-65H,14-21,23-26H2,1-8H3,(H,55,59)(H,56,69)(H,57,66)(H,67,68)/t30?,31?,33-,34?,35?,36-,37-,38-,39+,40+,41-,42+,43?,45?,47?,50-,51+,52+,53-,54-/m1/s1. The largest absolute Gasteiger partial charge is 0.480 e. The van der Waals surface area contributed by atoms with Crippen LogP contribution < -0.4 is 16.0 Å². The van der Waals surface area contributed by atoms with Crippen LogP contribution in [0.3, 0.4) is 0 Å². The first-order valence-electron chi connectivity index (χ1n) is 26.1. The van der Waals surface area contributed by atoms with Crippen molar-refractivity contribution in [3.05, 3.63) is 47.5 Å². The van der Waals surface area contributed by atoms with Gasteiger partial charge in [0.25, 0.3) is 5.91 Å². The summed E-state index contributed by atoms with van der Waals surface area (Å²) in [6.45, 7) is 15.6. The highest BCUT2D eigenvalue weighted by Gasteiger charge is 2.71. The van der Waals surface area contributed by atoms with Crippen molar-refractivity contribution in [1.29, 1.82) is 0 Å². The highest BCUT2D eigenvalue weighted by atomic mass is 32.2. The molecular weight excluding hydrogens is 963 g/mol. The maximum Gasteiger partial charge on any atom is 0.327 e. The molecule has 2 heterocycles. The van der Waals surface area contributed by atoms with Crippen LogP contribution in [0.4, 0.5) is 0 Å². The third-order valence-corrected chi connectivity index (χ3v) is 20.9. The molecule has 406 valence electrons. The molecule has 19 heteroatoms. The van der Waals surface area contributed by atoms with Crippen molar-refractivity contribution in [1.82, 2.24) is 16.0 Å². The van der Waals surface area contributed by atoms with Crippen LogP contribution in [0.15, 0.2) is 42.0 Å². The molecule has 0 aromatic heterocycles. The van der Waals surface area contributed by atoms with Gasteiger partial charge in [0, 0.05) is 29.8 Å². The molecule has 2 aliphatic heterocycles. The second-order valence-electron chi connectivity index (χ2n) is 24.5. The van der Waals surface area contributed by atoms with Crippen molar-refractivity contribution in [3.63, 3.8) is 0 Å². The lowest BCUT2D eigenvalue weighted by Crippen LogP contribution is -2.70. The number of carbonyl (C=O) groups is 5. The number of ether oxygens (including phenoxy) is 3. The van der Waals surface area contributed by atoms with Gasteiger partial charge >= 0.3 is 5.97 Å². The first kappa shape index (κ1) is 55.7. The number of nitrogens with one attached hydrogen (secondary N) is 3. The van der Waals surface area contributed by atoms with E-state index in [0.29, 0.717) is 31.4 Å². The van der Waals surface area contributed by atoms with Crippen LogP contribution in [0, 0.1) is 50.2 Å². The fourth-order valence-corrected chi connectivity index (χ4v) is 16.2. The van der Waals surface area contributed by atoms with Crippen molar-refractivity contribution in [2.24, 2.45) is 50.2 Å². The molecule has 7 unspecified atom stereocenters. The first-order valence-corrected chi connectivity index (χ1v) is 27.3. The lowest BCUT2D eigenvalue weighted by molar-refractivity contribution is -0.321. The number of aliphatic hydroxyl groups is 6. The second kappa shape index (κ2) is 20.5. The highest BCUT2D eigenvalue weighted by molar-refractivity contribution is 7.98. The van der Waals surface area contributed by atoms with Crippen molar-refractivity contribution >= 4 is 41.2 Å². The Bertz CT molecular complexity index is 2310. The summed E-state index contributed by atoms with van der Waals surface area (Å²) in [5, 5.41) is 82.4. The Kier molecular flexibility index (Phi) is 15.6. The van der Waals surface area contributed by atoms with Crippen LogP contribution in [-0.2, 0) is 43.9 Å². The number of allylic oxidation sites excluding steroid dienone is 2. The van der Waals surface area contributed by atoms with E-state index in [1.807, 2.05) is 43.3 Å². The Balaban J connectivity index is 0.980. The van der Waals surface area contributed by atoms with E-state index in [9.17, 15) is 54.9 Å². The van der Waals surface area contributed by atoms with E-state index in [-0.39, 0.29) is 46.0 Å². The highest BCUT2D eigenvalue weighted by Crippen LogP contribution is 2.75. The number of fused-ring (bicyclic) bond motifs is 7. The van der Waals surface area contributed by atoms with Gasteiger partial charge in [-0.3, -0.25) is 19.2 Å². The van der Waals surface area contributed by atoms with Crippen LogP contribution in [-0.4, -0.2) is 151 Å². The van der Waals surface area contributed by atoms with E-state index >= 15 is 4.79 Å². The molecule has 73 heavy (non-hydrogen) atoms. The number of carbonyl (C=O) groups excluding carboxylic acids is 4. The second-order valence-corrected chi connectivity index (χ2v) is 25.5. The van der Waals surface area contributed by atoms with E-state index in [1.165, 1.54) is 11.8 Å². The van der Waals surface area contributed by atoms with E-state index in [2.05, 4.69) is 57.5 Å². The Morgan fingerprint density at radius 2 is 1.51 bits per heavy atom. The number of hydrogen-bond donors (Lipinski definition) is 10. The van der Waals surface area contributed by atoms with Gasteiger partial charge in [-0.05, 0) is 108 Å². The summed E-state index contributed by atoms with van der Waals surface area (Å²) in [7, 11) is 0. The summed E-state index contributed by atoms with van der Waals surface area (Å²) in [5.41, 5.74) is -0.759. The van der Waals surface area contributed by atoms with Gasteiger partial charge in [-0.2, -0.15) is 11.8 Å². The van der Waals surface area contributed by atoms with Gasteiger partial charge in [-0.15, -0.1) is 0 Å². The average molecular weight is 1040 g/mol. The summed E-state index contributed by atoms with van der Waals surface area (Å²) < 4.78 is 18.2. The van der Waals surface area contributed by atoms with Gasteiger partial charge in [0.1, 0.15) is 48.7 Å². The van der Waals surface area contributed by atoms with Crippen molar-refractivity contribution in [2.75, 3.05) is 12.4 Å². The molecule has 7 aliphatic rings. The number of carboxylic acid groups (broad SMARTS) is 1. The van der Waals surface area contributed by atoms with Crippen LogP contribution in [0.25, 0.3) is 0 Å². The number of benzene rings is 1. The molecule has 6 fully saturated rings. The molecule has 18 nitrogen and oxygen atoms in total. The van der Waals surface area contributed by atoms with Gasteiger partial charge in [-0.1, -0.05) is 84.4 Å². The number of aliphatic carboxylic acids is 1. The first-order chi connectivity index (χ1) is 34.2.